The van der Waals surface area contributed by atoms with Gasteiger partial charge in [-0.1, -0.05) is 18.2 Å². The summed E-state index contributed by atoms with van der Waals surface area (Å²) in [5.41, 5.74) is 3.43. The Balaban J connectivity index is 1.66. The summed E-state index contributed by atoms with van der Waals surface area (Å²) in [6, 6.07) is 13.3. The first-order valence-corrected chi connectivity index (χ1v) is 9.47. The Labute approximate surface area is 187 Å². The minimum Gasteiger partial charge on any atom is -0.507 e. The van der Waals surface area contributed by atoms with Gasteiger partial charge in [0, 0.05) is 11.3 Å². The molecule has 10 heteroatoms. The Morgan fingerprint density at radius 1 is 1.27 bits per heavy atom. The fourth-order valence-corrected chi connectivity index (χ4v) is 2.81. The molecule has 1 aromatic heterocycles. The number of hydrogen-bond donors (Lipinski definition) is 3. The molecule has 2 aromatic carbocycles. The summed E-state index contributed by atoms with van der Waals surface area (Å²) in [5.74, 6) is -3.36. The molecule has 0 aliphatic heterocycles. The number of halogens is 1. The standard InChI is InChI=1S/C23H17FN4O5/c1-13-5-6-16(10-25)22(27-13)33-12-21(30)28-26-11-14-3-2-4-15(7-14)17-9-20(29)18(23(31)32)8-19(17)24/h2-9,11,29H,12H2,1H3,(H,28,30)(H,31,32)/b26-11+. The van der Waals surface area contributed by atoms with Gasteiger partial charge in [0.25, 0.3) is 5.91 Å². The number of carboxylic acid groups (broad SMARTS) is 1. The molecule has 0 fully saturated rings. The topological polar surface area (TPSA) is 145 Å². The molecule has 0 spiro atoms. The molecule has 0 radical (unpaired) electrons. The van der Waals surface area contributed by atoms with Gasteiger partial charge in [0.05, 0.1) is 6.21 Å². The maximum Gasteiger partial charge on any atom is 0.339 e. The summed E-state index contributed by atoms with van der Waals surface area (Å²) in [7, 11) is 0. The number of pyridine rings is 1. The number of carboxylic acids is 1. The third kappa shape index (κ3) is 5.68. The van der Waals surface area contributed by atoms with E-state index in [4.69, 9.17) is 15.1 Å². The van der Waals surface area contributed by atoms with Gasteiger partial charge in [0.2, 0.25) is 5.88 Å². The third-order valence-corrected chi connectivity index (χ3v) is 4.38. The van der Waals surface area contributed by atoms with E-state index in [1.54, 1.807) is 43.3 Å². The van der Waals surface area contributed by atoms with E-state index >= 15 is 0 Å². The highest BCUT2D eigenvalue weighted by Crippen LogP contribution is 2.30. The number of aromatic carboxylic acids is 1. The number of carbonyl (C=O) groups is 2. The number of hydrazone groups is 1. The van der Waals surface area contributed by atoms with Crippen molar-refractivity contribution in [1.29, 1.82) is 5.26 Å². The molecule has 3 aromatic rings. The number of amides is 1. The zero-order valence-electron chi connectivity index (χ0n) is 17.2. The lowest BCUT2D eigenvalue weighted by Gasteiger charge is -2.08. The number of aromatic nitrogens is 1. The van der Waals surface area contributed by atoms with Crippen LogP contribution in [-0.2, 0) is 4.79 Å². The van der Waals surface area contributed by atoms with Gasteiger partial charge in [0.15, 0.2) is 6.61 Å². The van der Waals surface area contributed by atoms with Crippen LogP contribution < -0.4 is 10.2 Å². The molecule has 0 saturated heterocycles. The molecule has 0 bridgehead atoms. The van der Waals surface area contributed by atoms with E-state index in [0.717, 1.165) is 12.1 Å². The van der Waals surface area contributed by atoms with Crippen molar-refractivity contribution in [3.8, 4) is 28.8 Å². The van der Waals surface area contributed by atoms with Gasteiger partial charge < -0.3 is 14.9 Å². The third-order valence-electron chi connectivity index (χ3n) is 4.38. The van der Waals surface area contributed by atoms with E-state index in [9.17, 15) is 19.1 Å². The number of aryl methyl sites for hydroxylation is 1. The van der Waals surface area contributed by atoms with Crippen molar-refractivity contribution < 1.29 is 28.9 Å². The fraction of sp³-hybridized carbons (Fsp3) is 0.0870. The zero-order chi connectivity index (χ0) is 24.0. The van der Waals surface area contributed by atoms with Crippen molar-refractivity contribution in [3.05, 3.63) is 76.7 Å². The Morgan fingerprint density at radius 2 is 2.06 bits per heavy atom. The normalized spacial score (nSPS) is 10.6. The SMILES string of the molecule is Cc1ccc(C#N)c(OCC(=O)N/N=C/c2cccc(-c3cc(O)c(C(=O)O)cc3F)c2)n1. The number of phenols is 1. The minimum absolute atomic E-state index is 0.00383. The van der Waals surface area contributed by atoms with Crippen molar-refractivity contribution in [3.63, 3.8) is 0 Å². The first kappa shape index (κ1) is 22.9. The monoisotopic (exact) mass is 448 g/mol. The molecule has 33 heavy (non-hydrogen) atoms. The molecule has 0 saturated carbocycles. The first-order chi connectivity index (χ1) is 15.8. The zero-order valence-corrected chi connectivity index (χ0v) is 17.2. The molecule has 3 rings (SSSR count). The molecule has 1 heterocycles. The number of hydrogen-bond acceptors (Lipinski definition) is 7. The quantitative estimate of drug-likeness (QED) is 0.372. The van der Waals surface area contributed by atoms with Crippen LogP contribution in [0.3, 0.4) is 0 Å². The summed E-state index contributed by atoms with van der Waals surface area (Å²) in [6.45, 7) is 1.31. The smallest absolute Gasteiger partial charge is 0.339 e. The van der Waals surface area contributed by atoms with Crippen LogP contribution in [0.5, 0.6) is 11.6 Å². The molecule has 0 unspecified atom stereocenters. The molecule has 0 atom stereocenters. The number of nitrogens with one attached hydrogen (secondary N) is 1. The Kier molecular flexibility index (Phi) is 6.95. The van der Waals surface area contributed by atoms with Crippen LogP contribution in [0.25, 0.3) is 11.1 Å². The molecule has 166 valence electrons. The molecule has 0 aliphatic rings. The predicted octanol–water partition coefficient (Wildman–Crippen LogP) is 3.00. The van der Waals surface area contributed by atoms with Crippen LogP contribution in [0.4, 0.5) is 4.39 Å². The summed E-state index contributed by atoms with van der Waals surface area (Å²) in [6.07, 6.45) is 1.32. The number of nitriles is 1. The molecule has 0 aliphatic carbocycles. The predicted molar refractivity (Wildman–Crippen MR) is 115 cm³/mol. The van der Waals surface area contributed by atoms with Gasteiger partial charge in [-0.05, 0) is 48.4 Å². The van der Waals surface area contributed by atoms with Gasteiger partial charge in [-0.3, -0.25) is 4.79 Å². The van der Waals surface area contributed by atoms with Crippen LogP contribution in [0.1, 0.15) is 27.2 Å². The Bertz CT molecular complexity index is 1300. The molecular formula is C23H17FN4O5. The van der Waals surface area contributed by atoms with Gasteiger partial charge >= 0.3 is 5.97 Å². The number of rotatable bonds is 7. The summed E-state index contributed by atoms with van der Waals surface area (Å²) >= 11 is 0. The maximum atomic E-state index is 14.4. The highest BCUT2D eigenvalue weighted by molar-refractivity contribution is 5.92. The van der Waals surface area contributed by atoms with Crippen molar-refractivity contribution in [2.45, 2.75) is 6.92 Å². The van der Waals surface area contributed by atoms with E-state index in [-0.39, 0.29) is 17.0 Å². The van der Waals surface area contributed by atoms with Crippen LogP contribution >= 0.6 is 0 Å². The van der Waals surface area contributed by atoms with Gasteiger partial charge in [-0.15, -0.1) is 0 Å². The van der Waals surface area contributed by atoms with E-state index in [2.05, 4.69) is 15.5 Å². The second kappa shape index (κ2) is 10.0. The van der Waals surface area contributed by atoms with Gasteiger partial charge in [0.1, 0.15) is 28.8 Å². The number of aromatic hydroxyl groups is 1. The van der Waals surface area contributed by atoms with E-state index in [1.807, 2.05) is 6.07 Å². The van der Waals surface area contributed by atoms with Crippen LogP contribution in [0.15, 0.2) is 53.6 Å². The summed E-state index contributed by atoms with van der Waals surface area (Å²) < 4.78 is 19.6. The van der Waals surface area contributed by atoms with E-state index in [0.29, 0.717) is 16.8 Å². The molecular weight excluding hydrogens is 431 g/mol. The second-order valence-corrected chi connectivity index (χ2v) is 6.78. The summed E-state index contributed by atoms with van der Waals surface area (Å²) in [4.78, 5) is 27.0. The average molecular weight is 448 g/mol. The largest absolute Gasteiger partial charge is 0.507 e. The van der Waals surface area contributed by atoms with Gasteiger partial charge in [-0.25, -0.2) is 19.6 Å². The van der Waals surface area contributed by atoms with E-state index in [1.165, 1.54) is 6.21 Å². The highest BCUT2D eigenvalue weighted by Gasteiger charge is 2.16. The number of nitrogens with zero attached hydrogens (tertiary/aromatic N) is 3. The number of ether oxygens (including phenoxy) is 1. The number of benzene rings is 2. The molecule has 3 N–H and O–H groups in total. The van der Waals surface area contributed by atoms with Crippen molar-refractivity contribution in [1.82, 2.24) is 10.4 Å². The molecule has 9 nitrogen and oxygen atoms in total. The highest BCUT2D eigenvalue weighted by atomic mass is 19.1. The van der Waals surface area contributed by atoms with Gasteiger partial charge in [-0.2, -0.15) is 10.4 Å². The van der Waals surface area contributed by atoms with Crippen LogP contribution in [0.2, 0.25) is 0 Å². The van der Waals surface area contributed by atoms with Crippen molar-refractivity contribution in [2.75, 3.05) is 6.61 Å². The van der Waals surface area contributed by atoms with Crippen LogP contribution in [0, 0.1) is 24.1 Å². The second-order valence-electron chi connectivity index (χ2n) is 6.78. The minimum atomic E-state index is -1.44. The lowest BCUT2D eigenvalue weighted by Crippen LogP contribution is -2.25. The molecule has 1 amide bonds. The fourth-order valence-electron chi connectivity index (χ4n) is 2.81. The van der Waals surface area contributed by atoms with Crippen molar-refractivity contribution in [2.24, 2.45) is 5.10 Å². The Hall–Kier alpha value is -4.78. The van der Waals surface area contributed by atoms with Crippen LogP contribution in [-0.4, -0.2) is 39.9 Å². The Morgan fingerprint density at radius 3 is 2.79 bits per heavy atom. The average Bonchev–Trinajstić information content (AvgIpc) is 2.79. The summed E-state index contributed by atoms with van der Waals surface area (Å²) in [5, 5.41) is 31.7. The lowest BCUT2D eigenvalue weighted by atomic mass is 10.0. The first-order valence-electron chi connectivity index (χ1n) is 9.47. The lowest BCUT2D eigenvalue weighted by molar-refractivity contribution is -0.123. The van der Waals surface area contributed by atoms with E-state index < -0.39 is 35.6 Å². The number of carbonyl (C=O) groups excluding carboxylic acids is 1. The van der Waals surface area contributed by atoms with Crippen molar-refractivity contribution >= 4 is 18.1 Å². The maximum absolute atomic E-state index is 14.4.